The van der Waals surface area contributed by atoms with Gasteiger partial charge in [-0.15, -0.1) is 0 Å². The van der Waals surface area contributed by atoms with Crippen LogP contribution in [0.4, 0.5) is 0 Å². The van der Waals surface area contributed by atoms with Gasteiger partial charge >= 0.3 is 0 Å². The highest BCUT2D eigenvalue weighted by Gasteiger charge is 2.35. The highest BCUT2D eigenvalue weighted by Crippen LogP contribution is 2.31. The average molecular weight is 413 g/mol. The van der Waals surface area contributed by atoms with E-state index in [4.69, 9.17) is 14.7 Å². The van der Waals surface area contributed by atoms with E-state index in [1.807, 2.05) is 18.2 Å². The van der Waals surface area contributed by atoms with Gasteiger partial charge in [-0.05, 0) is 36.4 Å². The molecule has 0 radical (unpaired) electrons. The largest absolute Gasteiger partial charge is 0.485 e. The van der Waals surface area contributed by atoms with Crippen molar-refractivity contribution in [2.45, 2.75) is 11.0 Å². The standard InChI is InChI=1S/C20H19N3O5S/c21-13-15-5-7-16(8-6-15)29(25,26)23-11-9-22(10-12-23)20(24)19-14-27-17-3-1-2-4-18(17)28-19/h1-8,19H,9-12,14H2. The predicted octanol–water partition coefficient (Wildman–Crippen LogP) is 1.23. The zero-order chi connectivity index (χ0) is 20.4. The molecule has 1 fully saturated rings. The summed E-state index contributed by atoms with van der Waals surface area (Å²) in [5, 5.41) is 8.86. The number of rotatable bonds is 3. The van der Waals surface area contributed by atoms with Crippen molar-refractivity contribution in [3.05, 3.63) is 54.1 Å². The molecule has 2 aromatic carbocycles. The first-order valence-corrected chi connectivity index (χ1v) is 10.6. The summed E-state index contributed by atoms with van der Waals surface area (Å²) < 4.78 is 38.3. The van der Waals surface area contributed by atoms with Gasteiger partial charge < -0.3 is 14.4 Å². The Hall–Kier alpha value is -3.09. The zero-order valence-electron chi connectivity index (χ0n) is 15.5. The lowest BCUT2D eigenvalue weighted by molar-refractivity contribution is -0.142. The fraction of sp³-hybridized carbons (Fsp3) is 0.300. The van der Waals surface area contributed by atoms with E-state index >= 15 is 0 Å². The number of carbonyl (C=O) groups excluding carboxylic acids is 1. The molecule has 29 heavy (non-hydrogen) atoms. The molecule has 150 valence electrons. The van der Waals surface area contributed by atoms with Gasteiger partial charge in [-0.2, -0.15) is 9.57 Å². The normalized spacial score (nSPS) is 19.4. The van der Waals surface area contributed by atoms with Crippen molar-refractivity contribution in [2.75, 3.05) is 32.8 Å². The molecule has 0 spiro atoms. The molecule has 1 atom stereocenters. The van der Waals surface area contributed by atoms with Crippen LogP contribution in [0.15, 0.2) is 53.4 Å². The van der Waals surface area contributed by atoms with Crippen molar-refractivity contribution in [2.24, 2.45) is 0 Å². The third-order valence-electron chi connectivity index (χ3n) is 4.96. The lowest BCUT2D eigenvalue weighted by atomic mass is 10.2. The maximum absolute atomic E-state index is 12.8. The number of benzene rings is 2. The van der Waals surface area contributed by atoms with E-state index in [0.29, 0.717) is 17.1 Å². The Morgan fingerprint density at radius 2 is 1.66 bits per heavy atom. The van der Waals surface area contributed by atoms with Crippen LogP contribution < -0.4 is 9.47 Å². The van der Waals surface area contributed by atoms with Crippen molar-refractivity contribution in [1.82, 2.24) is 9.21 Å². The van der Waals surface area contributed by atoms with Gasteiger partial charge in [-0.25, -0.2) is 8.42 Å². The van der Waals surface area contributed by atoms with Gasteiger partial charge in [-0.3, -0.25) is 4.79 Å². The summed E-state index contributed by atoms with van der Waals surface area (Å²) in [7, 11) is -3.67. The molecule has 4 rings (SSSR count). The zero-order valence-corrected chi connectivity index (χ0v) is 16.3. The fourth-order valence-corrected chi connectivity index (χ4v) is 4.77. The van der Waals surface area contributed by atoms with Crippen LogP contribution in [0.3, 0.4) is 0 Å². The van der Waals surface area contributed by atoms with Crippen LogP contribution in [0, 0.1) is 11.3 Å². The summed E-state index contributed by atoms with van der Waals surface area (Å²) in [6, 6.07) is 14.9. The molecule has 1 amide bonds. The molecule has 0 aromatic heterocycles. The van der Waals surface area contributed by atoms with E-state index in [0.717, 1.165) is 0 Å². The van der Waals surface area contributed by atoms with Crippen LogP contribution in [-0.4, -0.2) is 62.4 Å². The monoisotopic (exact) mass is 413 g/mol. The van der Waals surface area contributed by atoms with Crippen LogP contribution in [-0.2, 0) is 14.8 Å². The first-order valence-electron chi connectivity index (χ1n) is 9.16. The number of hydrogen-bond donors (Lipinski definition) is 0. The molecule has 0 bridgehead atoms. The molecule has 2 heterocycles. The van der Waals surface area contributed by atoms with Crippen LogP contribution in [0.25, 0.3) is 0 Å². The van der Waals surface area contributed by atoms with Crippen LogP contribution in [0.2, 0.25) is 0 Å². The Kier molecular flexibility index (Phi) is 5.13. The Bertz CT molecular complexity index is 1050. The first-order chi connectivity index (χ1) is 14.0. The fourth-order valence-electron chi connectivity index (χ4n) is 3.34. The predicted molar refractivity (Wildman–Crippen MR) is 103 cm³/mol. The minimum absolute atomic E-state index is 0.125. The lowest BCUT2D eigenvalue weighted by Crippen LogP contribution is -2.55. The summed E-state index contributed by atoms with van der Waals surface area (Å²) >= 11 is 0. The van der Waals surface area contributed by atoms with Crippen LogP contribution in [0.5, 0.6) is 11.5 Å². The summed E-state index contributed by atoms with van der Waals surface area (Å²) in [5.74, 6) is 0.920. The van der Waals surface area contributed by atoms with Gasteiger partial charge in [0, 0.05) is 26.2 Å². The second-order valence-electron chi connectivity index (χ2n) is 6.73. The van der Waals surface area contributed by atoms with E-state index in [2.05, 4.69) is 0 Å². The number of piperazine rings is 1. The smallest absolute Gasteiger partial charge is 0.267 e. The SMILES string of the molecule is N#Cc1ccc(S(=O)(=O)N2CCN(C(=O)C3COc4ccccc4O3)CC2)cc1. The number of carbonyl (C=O) groups is 1. The summed E-state index contributed by atoms with van der Waals surface area (Å²) in [6.07, 6.45) is -0.744. The molecule has 2 aliphatic rings. The molecule has 0 saturated carbocycles. The van der Waals surface area contributed by atoms with E-state index < -0.39 is 16.1 Å². The molecule has 2 aliphatic heterocycles. The molecule has 8 nitrogen and oxygen atoms in total. The highest BCUT2D eigenvalue weighted by atomic mass is 32.2. The molecule has 2 aromatic rings. The van der Waals surface area contributed by atoms with Gasteiger partial charge in [-0.1, -0.05) is 12.1 Å². The summed E-state index contributed by atoms with van der Waals surface area (Å²) in [5.41, 5.74) is 0.399. The van der Waals surface area contributed by atoms with Crippen molar-refractivity contribution < 1.29 is 22.7 Å². The summed E-state index contributed by atoms with van der Waals surface area (Å²) in [6.45, 7) is 1.06. The number of ether oxygens (including phenoxy) is 2. The molecular formula is C20H19N3O5S. The highest BCUT2D eigenvalue weighted by molar-refractivity contribution is 7.89. The second kappa shape index (κ2) is 7.73. The van der Waals surface area contributed by atoms with E-state index in [-0.39, 0.29) is 43.6 Å². The molecule has 9 heteroatoms. The Morgan fingerprint density at radius 1 is 1.00 bits per heavy atom. The second-order valence-corrected chi connectivity index (χ2v) is 8.67. The summed E-state index contributed by atoms with van der Waals surface area (Å²) in [4.78, 5) is 14.5. The quantitative estimate of drug-likeness (QED) is 0.750. The third kappa shape index (κ3) is 3.77. The maximum Gasteiger partial charge on any atom is 0.267 e. The molecule has 1 unspecified atom stereocenters. The first kappa shape index (κ1) is 19.2. The van der Waals surface area contributed by atoms with Crippen molar-refractivity contribution in [3.8, 4) is 17.6 Å². The number of sulfonamides is 1. The molecule has 1 saturated heterocycles. The molecule has 0 N–H and O–H groups in total. The number of nitrogens with zero attached hydrogens (tertiary/aromatic N) is 3. The third-order valence-corrected chi connectivity index (χ3v) is 6.87. The lowest BCUT2D eigenvalue weighted by Gasteiger charge is -2.36. The minimum Gasteiger partial charge on any atom is -0.485 e. The number of amides is 1. The number of hydrogen-bond acceptors (Lipinski definition) is 6. The van der Waals surface area contributed by atoms with Crippen molar-refractivity contribution in [3.63, 3.8) is 0 Å². The molecular weight excluding hydrogens is 394 g/mol. The van der Waals surface area contributed by atoms with Gasteiger partial charge in [0.25, 0.3) is 5.91 Å². The van der Waals surface area contributed by atoms with Gasteiger partial charge in [0.2, 0.25) is 16.1 Å². The van der Waals surface area contributed by atoms with Crippen molar-refractivity contribution >= 4 is 15.9 Å². The molecule has 0 aliphatic carbocycles. The Labute approximate surface area is 168 Å². The van der Waals surface area contributed by atoms with Gasteiger partial charge in [0.1, 0.15) is 6.61 Å². The minimum atomic E-state index is -3.67. The Morgan fingerprint density at radius 3 is 2.31 bits per heavy atom. The number of fused-ring (bicyclic) bond motifs is 1. The van der Waals surface area contributed by atoms with E-state index in [1.54, 1.807) is 17.0 Å². The van der Waals surface area contributed by atoms with E-state index in [1.165, 1.54) is 28.6 Å². The van der Waals surface area contributed by atoms with Crippen LogP contribution >= 0.6 is 0 Å². The van der Waals surface area contributed by atoms with E-state index in [9.17, 15) is 13.2 Å². The van der Waals surface area contributed by atoms with Gasteiger partial charge in [0.15, 0.2) is 11.5 Å². The number of nitriles is 1. The maximum atomic E-state index is 12.8. The van der Waals surface area contributed by atoms with Crippen molar-refractivity contribution in [1.29, 1.82) is 5.26 Å². The Balaban J connectivity index is 1.39. The van der Waals surface area contributed by atoms with Crippen LogP contribution in [0.1, 0.15) is 5.56 Å². The topological polar surface area (TPSA) is 99.9 Å². The van der Waals surface area contributed by atoms with Gasteiger partial charge in [0.05, 0.1) is 16.5 Å². The average Bonchev–Trinajstić information content (AvgIpc) is 2.78. The number of para-hydroxylation sites is 2.